The topological polar surface area (TPSA) is 55.1 Å². The van der Waals surface area contributed by atoms with Gasteiger partial charge in [0.25, 0.3) is 0 Å². The van der Waals surface area contributed by atoms with Gasteiger partial charge < -0.3 is 5.32 Å². The molecule has 0 amide bonds. The molecule has 2 aromatic rings. The fourth-order valence-electron chi connectivity index (χ4n) is 3.01. The zero-order chi connectivity index (χ0) is 16.4. The number of pyridine rings is 1. The van der Waals surface area contributed by atoms with Crippen LogP contribution in [0.15, 0.2) is 71.9 Å². The van der Waals surface area contributed by atoms with Crippen LogP contribution in [0.5, 0.6) is 0 Å². The molecule has 0 radical (unpaired) electrons. The predicted octanol–water partition coefficient (Wildman–Crippen LogP) is 3.67. The number of rotatable bonds is 4. The summed E-state index contributed by atoms with van der Waals surface area (Å²) in [5.41, 5.74) is 4.38. The Labute approximate surface area is 141 Å². The van der Waals surface area contributed by atoms with Gasteiger partial charge in [0, 0.05) is 36.6 Å². The highest BCUT2D eigenvalue weighted by Crippen LogP contribution is 2.34. The number of aromatic nitrogens is 3. The minimum atomic E-state index is 0.157. The van der Waals surface area contributed by atoms with E-state index >= 15 is 0 Å². The Morgan fingerprint density at radius 1 is 1.33 bits per heavy atom. The Kier molecular flexibility index (Phi) is 3.83. The first-order valence-electron chi connectivity index (χ1n) is 8.21. The average Bonchev–Trinajstić information content (AvgIpc) is 3.21. The smallest absolute Gasteiger partial charge is 0.130 e. The zero-order valence-corrected chi connectivity index (χ0v) is 13.6. The summed E-state index contributed by atoms with van der Waals surface area (Å²) in [5.74, 6) is 0.990. The van der Waals surface area contributed by atoms with E-state index in [2.05, 4.69) is 46.7 Å². The first-order chi connectivity index (χ1) is 11.8. The summed E-state index contributed by atoms with van der Waals surface area (Å²) in [5, 5.41) is 7.79. The van der Waals surface area contributed by atoms with Crippen LogP contribution in [-0.4, -0.2) is 20.5 Å². The second-order valence-corrected chi connectivity index (χ2v) is 5.78. The fraction of sp³-hybridized carbons (Fsp3) is 0.211. The number of hydrogen-bond acceptors (Lipinski definition) is 4. The molecular formula is C19H19N5. The second kappa shape index (κ2) is 6.28. The first kappa shape index (κ1) is 14.6. The highest BCUT2D eigenvalue weighted by Gasteiger charge is 2.28. The maximum atomic E-state index is 4.70. The number of allylic oxidation sites excluding steroid dienone is 5. The van der Waals surface area contributed by atoms with E-state index in [0.29, 0.717) is 0 Å². The number of fused-ring (bicyclic) bond motifs is 1. The highest BCUT2D eigenvalue weighted by atomic mass is 15.3. The van der Waals surface area contributed by atoms with Crippen molar-refractivity contribution < 1.29 is 0 Å². The third-order valence-corrected chi connectivity index (χ3v) is 4.25. The van der Waals surface area contributed by atoms with Crippen molar-refractivity contribution in [3.8, 4) is 0 Å². The molecule has 1 aliphatic carbocycles. The molecule has 5 heteroatoms. The van der Waals surface area contributed by atoms with Crippen LogP contribution < -0.4 is 5.32 Å². The minimum absolute atomic E-state index is 0.157. The van der Waals surface area contributed by atoms with Crippen LogP contribution in [0.25, 0.3) is 5.57 Å². The van der Waals surface area contributed by atoms with E-state index in [0.717, 1.165) is 35.8 Å². The van der Waals surface area contributed by atoms with Crippen LogP contribution in [0, 0.1) is 5.92 Å². The van der Waals surface area contributed by atoms with Crippen LogP contribution in [0.3, 0.4) is 0 Å². The van der Waals surface area contributed by atoms with Gasteiger partial charge in [0.15, 0.2) is 0 Å². The number of nitrogens with zero attached hydrogens (tertiary/aromatic N) is 4. The molecule has 1 aliphatic heterocycles. The van der Waals surface area contributed by atoms with Crippen molar-refractivity contribution in [3.05, 3.63) is 72.5 Å². The van der Waals surface area contributed by atoms with Gasteiger partial charge in [-0.2, -0.15) is 5.10 Å². The van der Waals surface area contributed by atoms with Gasteiger partial charge in [0.05, 0.1) is 17.6 Å². The van der Waals surface area contributed by atoms with Gasteiger partial charge in [-0.1, -0.05) is 24.3 Å². The predicted molar refractivity (Wildman–Crippen MR) is 96.5 cm³/mol. The number of aliphatic imine (C=N–C) groups is 1. The van der Waals surface area contributed by atoms with E-state index < -0.39 is 0 Å². The van der Waals surface area contributed by atoms with Crippen LogP contribution in [0.2, 0.25) is 0 Å². The van der Waals surface area contributed by atoms with Gasteiger partial charge in [0.2, 0.25) is 0 Å². The summed E-state index contributed by atoms with van der Waals surface area (Å²) in [6, 6.07) is 5.85. The maximum Gasteiger partial charge on any atom is 0.130 e. The molecule has 1 atom stereocenters. The first-order valence-corrected chi connectivity index (χ1v) is 8.21. The van der Waals surface area contributed by atoms with Crippen molar-refractivity contribution in [3.63, 3.8) is 0 Å². The van der Waals surface area contributed by atoms with E-state index in [1.165, 1.54) is 5.57 Å². The zero-order valence-electron chi connectivity index (χ0n) is 13.6. The summed E-state index contributed by atoms with van der Waals surface area (Å²) in [7, 11) is 0. The molecule has 0 spiro atoms. The maximum absolute atomic E-state index is 4.70. The molecule has 0 saturated carbocycles. The van der Waals surface area contributed by atoms with Crippen LogP contribution >= 0.6 is 0 Å². The quantitative estimate of drug-likeness (QED) is 0.876. The molecule has 0 bridgehead atoms. The average molecular weight is 317 g/mol. The van der Waals surface area contributed by atoms with Crippen molar-refractivity contribution >= 4 is 17.1 Å². The van der Waals surface area contributed by atoms with Gasteiger partial charge in [0.1, 0.15) is 5.82 Å². The molecule has 0 fully saturated rings. The lowest BCUT2D eigenvalue weighted by atomic mass is 9.91. The van der Waals surface area contributed by atoms with Crippen molar-refractivity contribution in [1.29, 1.82) is 0 Å². The van der Waals surface area contributed by atoms with Gasteiger partial charge >= 0.3 is 0 Å². The van der Waals surface area contributed by atoms with Crippen molar-refractivity contribution in [2.75, 3.05) is 5.32 Å². The van der Waals surface area contributed by atoms with E-state index in [1.54, 1.807) is 6.20 Å². The van der Waals surface area contributed by atoms with Crippen molar-refractivity contribution in [2.45, 2.75) is 19.9 Å². The SMILES string of the molecule is CCn1cc(C2=CN=C3C(Nc4ccccn4)=CCC=CC23)cn1. The number of hydrogen-bond donors (Lipinski definition) is 1. The molecule has 2 aromatic heterocycles. The largest absolute Gasteiger partial charge is 0.339 e. The van der Waals surface area contributed by atoms with Gasteiger partial charge in [-0.3, -0.25) is 9.67 Å². The Hall–Kier alpha value is -2.95. The monoisotopic (exact) mass is 317 g/mol. The minimum Gasteiger partial charge on any atom is -0.339 e. The van der Waals surface area contributed by atoms with Crippen molar-refractivity contribution in [1.82, 2.24) is 14.8 Å². The number of nitrogens with one attached hydrogen (secondary N) is 1. The lowest BCUT2D eigenvalue weighted by Crippen LogP contribution is -2.18. The third-order valence-electron chi connectivity index (χ3n) is 4.25. The van der Waals surface area contributed by atoms with E-state index in [1.807, 2.05) is 35.3 Å². The summed E-state index contributed by atoms with van der Waals surface area (Å²) >= 11 is 0. The summed E-state index contributed by atoms with van der Waals surface area (Å²) in [6.07, 6.45) is 15.2. The molecule has 5 nitrogen and oxygen atoms in total. The van der Waals surface area contributed by atoms with Crippen LogP contribution in [0.1, 0.15) is 18.9 Å². The molecule has 3 heterocycles. The normalized spacial score (nSPS) is 19.2. The highest BCUT2D eigenvalue weighted by molar-refractivity contribution is 6.13. The second-order valence-electron chi connectivity index (χ2n) is 5.78. The molecule has 2 aliphatic rings. The van der Waals surface area contributed by atoms with E-state index in [9.17, 15) is 0 Å². The summed E-state index contributed by atoms with van der Waals surface area (Å²) < 4.78 is 1.94. The summed E-state index contributed by atoms with van der Waals surface area (Å²) in [6.45, 7) is 2.96. The van der Waals surface area contributed by atoms with Gasteiger partial charge in [-0.25, -0.2) is 4.98 Å². The van der Waals surface area contributed by atoms with Crippen LogP contribution in [-0.2, 0) is 6.54 Å². The third kappa shape index (κ3) is 2.69. The van der Waals surface area contributed by atoms with E-state index in [4.69, 9.17) is 4.99 Å². The number of aryl methyl sites for hydroxylation is 1. The molecule has 24 heavy (non-hydrogen) atoms. The Bertz CT molecular complexity index is 855. The lowest BCUT2D eigenvalue weighted by Gasteiger charge is -2.15. The Balaban J connectivity index is 1.60. The lowest BCUT2D eigenvalue weighted by molar-refractivity contribution is 0.659. The number of anilines is 1. The van der Waals surface area contributed by atoms with Gasteiger partial charge in [-0.15, -0.1) is 0 Å². The summed E-state index contributed by atoms with van der Waals surface area (Å²) in [4.78, 5) is 9.05. The molecule has 4 rings (SSSR count). The Morgan fingerprint density at radius 3 is 3.08 bits per heavy atom. The van der Waals surface area contributed by atoms with Crippen molar-refractivity contribution in [2.24, 2.45) is 10.9 Å². The fourth-order valence-corrected chi connectivity index (χ4v) is 3.01. The standard InChI is InChI=1S/C19H19N5/c1-2-24-13-14(11-22-24)16-12-21-19-15(16)7-3-4-8-17(19)23-18-9-5-6-10-20-18/h3,5-13,15H,2,4H2,1H3,(H,20,23). The van der Waals surface area contributed by atoms with Gasteiger partial charge in [-0.05, 0) is 31.1 Å². The molecule has 1 unspecified atom stereocenters. The van der Waals surface area contributed by atoms with Crippen LogP contribution in [0.4, 0.5) is 5.82 Å². The molecule has 120 valence electrons. The molecule has 1 N–H and O–H groups in total. The molecule has 0 saturated heterocycles. The van der Waals surface area contributed by atoms with E-state index in [-0.39, 0.29) is 5.92 Å². The Morgan fingerprint density at radius 2 is 2.29 bits per heavy atom. The molecule has 0 aromatic carbocycles. The molecular weight excluding hydrogens is 298 g/mol.